The molecule has 1 aliphatic rings. The molecule has 0 saturated carbocycles. The van der Waals surface area contributed by atoms with Crippen LogP contribution in [0.25, 0.3) is 0 Å². The Kier molecular flexibility index (Phi) is 6.09. The fraction of sp³-hybridized carbons (Fsp3) is 0.125. The van der Waals surface area contributed by atoms with Crippen molar-refractivity contribution >= 4 is 46.4 Å². The smallest absolute Gasteiger partial charge is 0.259 e. The monoisotopic (exact) mass is 449 g/mol. The maximum atomic E-state index is 13.5. The third-order valence-electron chi connectivity index (χ3n) is 5.08. The zero-order chi connectivity index (χ0) is 22.7. The van der Waals surface area contributed by atoms with Gasteiger partial charge >= 0.3 is 0 Å². The van der Waals surface area contributed by atoms with Crippen LogP contribution in [0.5, 0.6) is 5.75 Å². The van der Waals surface area contributed by atoms with Crippen LogP contribution in [0, 0.1) is 0 Å². The number of hydrogen-bond donors (Lipinski definition) is 2. The number of rotatable bonds is 5. The van der Waals surface area contributed by atoms with Gasteiger partial charge in [-0.3, -0.25) is 19.3 Å². The predicted molar refractivity (Wildman–Crippen MR) is 123 cm³/mol. The molecule has 1 unspecified atom stereocenters. The summed E-state index contributed by atoms with van der Waals surface area (Å²) < 4.78 is 5.16. The van der Waals surface area contributed by atoms with Gasteiger partial charge in [-0.05, 0) is 54.6 Å². The quantitative estimate of drug-likeness (QED) is 0.606. The number of carbonyl (C=O) groups is 3. The minimum atomic E-state index is -1.03. The lowest BCUT2D eigenvalue weighted by Gasteiger charge is -2.36. The summed E-state index contributed by atoms with van der Waals surface area (Å²) in [4.78, 5) is 40.5. The largest absolute Gasteiger partial charge is 0.497 e. The summed E-state index contributed by atoms with van der Waals surface area (Å²) in [6.45, 7) is 0. The fourth-order valence-electron chi connectivity index (χ4n) is 3.55. The normalized spacial score (nSPS) is 14.9. The third-order valence-corrected chi connectivity index (χ3v) is 5.31. The number of anilines is 3. The summed E-state index contributed by atoms with van der Waals surface area (Å²) in [5, 5.41) is 6.00. The second-order valence-electron chi connectivity index (χ2n) is 7.19. The highest BCUT2D eigenvalue weighted by molar-refractivity contribution is 6.31. The molecule has 0 aromatic heterocycles. The van der Waals surface area contributed by atoms with Crippen molar-refractivity contribution in [1.29, 1.82) is 0 Å². The zero-order valence-corrected chi connectivity index (χ0v) is 17.9. The first kappa shape index (κ1) is 21.4. The number of para-hydroxylation sites is 2. The maximum absolute atomic E-state index is 13.5. The van der Waals surface area contributed by atoms with E-state index in [0.29, 0.717) is 33.4 Å². The lowest BCUT2D eigenvalue weighted by atomic mass is 10.0. The minimum Gasteiger partial charge on any atom is -0.497 e. The van der Waals surface area contributed by atoms with E-state index in [4.69, 9.17) is 16.3 Å². The standard InChI is InChI=1S/C24H20ClN3O4/c1-32-18-11-9-15(10-12-18)24(31)28-20-8-3-2-7-19(20)27-23(30)21(28)14-22(29)26-17-6-4-5-16(25)13-17/h2-13,21H,14H2,1H3,(H,26,29)(H,27,30). The van der Waals surface area contributed by atoms with Gasteiger partial charge in [0.05, 0.1) is 24.9 Å². The molecule has 1 heterocycles. The average molecular weight is 450 g/mol. The van der Waals surface area contributed by atoms with E-state index >= 15 is 0 Å². The van der Waals surface area contributed by atoms with Gasteiger partial charge in [0.15, 0.2) is 0 Å². The van der Waals surface area contributed by atoms with Crippen LogP contribution in [0.15, 0.2) is 72.8 Å². The van der Waals surface area contributed by atoms with Crippen LogP contribution in [-0.2, 0) is 9.59 Å². The number of amides is 3. The Bertz CT molecular complexity index is 1180. The van der Waals surface area contributed by atoms with Gasteiger partial charge in [-0.25, -0.2) is 0 Å². The van der Waals surface area contributed by atoms with E-state index in [1.54, 1.807) is 72.8 Å². The number of nitrogens with one attached hydrogen (secondary N) is 2. The molecule has 3 amide bonds. The van der Waals surface area contributed by atoms with Gasteiger partial charge in [0, 0.05) is 16.3 Å². The van der Waals surface area contributed by atoms with Crippen molar-refractivity contribution in [1.82, 2.24) is 0 Å². The van der Waals surface area contributed by atoms with E-state index in [2.05, 4.69) is 10.6 Å². The van der Waals surface area contributed by atoms with Crippen LogP contribution < -0.4 is 20.3 Å². The predicted octanol–water partition coefficient (Wildman–Crippen LogP) is 4.34. The first-order chi connectivity index (χ1) is 15.5. The lowest BCUT2D eigenvalue weighted by Crippen LogP contribution is -2.52. The van der Waals surface area contributed by atoms with E-state index in [-0.39, 0.29) is 6.42 Å². The number of fused-ring (bicyclic) bond motifs is 1. The second kappa shape index (κ2) is 9.11. The Hall–Kier alpha value is -3.84. The first-order valence-corrected chi connectivity index (χ1v) is 10.3. The number of methoxy groups -OCH3 is 1. The summed E-state index contributed by atoms with van der Waals surface area (Å²) in [6, 6.07) is 19.2. The van der Waals surface area contributed by atoms with Crippen molar-refractivity contribution in [2.45, 2.75) is 12.5 Å². The van der Waals surface area contributed by atoms with Crippen LogP contribution in [0.4, 0.5) is 17.1 Å². The molecular formula is C24H20ClN3O4. The molecule has 1 aliphatic heterocycles. The highest BCUT2D eigenvalue weighted by Gasteiger charge is 2.38. The fourth-order valence-corrected chi connectivity index (χ4v) is 3.74. The third kappa shape index (κ3) is 4.43. The molecule has 0 spiro atoms. The van der Waals surface area contributed by atoms with Crippen molar-refractivity contribution in [2.24, 2.45) is 0 Å². The molecule has 2 N–H and O–H groups in total. The van der Waals surface area contributed by atoms with Crippen molar-refractivity contribution in [3.63, 3.8) is 0 Å². The van der Waals surface area contributed by atoms with E-state index < -0.39 is 23.8 Å². The zero-order valence-electron chi connectivity index (χ0n) is 17.2. The summed E-state index contributed by atoms with van der Waals surface area (Å²) in [5.41, 5.74) is 1.90. The number of halogens is 1. The first-order valence-electron chi connectivity index (χ1n) is 9.89. The number of carbonyl (C=O) groups excluding carboxylic acids is 3. The van der Waals surface area contributed by atoms with E-state index in [9.17, 15) is 14.4 Å². The van der Waals surface area contributed by atoms with Crippen LogP contribution in [0.2, 0.25) is 5.02 Å². The van der Waals surface area contributed by atoms with E-state index in [1.807, 2.05) is 0 Å². The second-order valence-corrected chi connectivity index (χ2v) is 7.62. The minimum absolute atomic E-state index is 0.228. The van der Waals surface area contributed by atoms with Crippen LogP contribution >= 0.6 is 11.6 Å². The molecule has 0 saturated heterocycles. The van der Waals surface area contributed by atoms with Gasteiger partial charge < -0.3 is 15.4 Å². The Morgan fingerprint density at radius 2 is 1.81 bits per heavy atom. The highest BCUT2D eigenvalue weighted by atomic mass is 35.5. The maximum Gasteiger partial charge on any atom is 0.259 e. The van der Waals surface area contributed by atoms with Crippen LogP contribution in [0.1, 0.15) is 16.8 Å². The van der Waals surface area contributed by atoms with Gasteiger partial charge in [0.1, 0.15) is 11.8 Å². The SMILES string of the molecule is COc1ccc(C(=O)N2c3ccccc3NC(=O)C2CC(=O)Nc2cccc(Cl)c2)cc1. The average Bonchev–Trinajstić information content (AvgIpc) is 2.79. The molecule has 1 atom stereocenters. The topological polar surface area (TPSA) is 87.7 Å². The lowest BCUT2D eigenvalue weighted by molar-refractivity contribution is -0.122. The number of hydrogen-bond acceptors (Lipinski definition) is 4. The molecule has 0 bridgehead atoms. The molecule has 8 heteroatoms. The highest BCUT2D eigenvalue weighted by Crippen LogP contribution is 2.34. The van der Waals surface area contributed by atoms with Gasteiger partial charge in [-0.2, -0.15) is 0 Å². The Morgan fingerprint density at radius 3 is 2.53 bits per heavy atom. The molecular weight excluding hydrogens is 430 g/mol. The number of ether oxygens (including phenoxy) is 1. The summed E-state index contributed by atoms with van der Waals surface area (Å²) in [5.74, 6) is -0.641. The van der Waals surface area contributed by atoms with Gasteiger partial charge in [-0.15, -0.1) is 0 Å². The summed E-state index contributed by atoms with van der Waals surface area (Å²) >= 11 is 5.98. The molecule has 7 nitrogen and oxygen atoms in total. The Balaban J connectivity index is 1.65. The van der Waals surface area contributed by atoms with Crippen molar-refractivity contribution in [2.75, 3.05) is 22.6 Å². The van der Waals surface area contributed by atoms with Gasteiger partial charge in [-0.1, -0.05) is 29.8 Å². The van der Waals surface area contributed by atoms with Gasteiger partial charge in [0.25, 0.3) is 5.91 Å². The van der Waals surface area contributed by atoms with Crippen molar-refractivity contribution in [3.8, 4) is 5.75 Å². The van der Waals surface area contributed by atoms with Crippen LogP contribution in [0.3, 0.4) is 0 Å². The Morgan fingerprint density at radius 1 is 1.06 bits per heavy atom. The molecule has 0 radical (unpaired) electrons. The molecule has 4 rings (SSSR count). The van der Waals surface area contributed by atoms with Crippen LogP contribution in [-0.4, -0.2) is 30.9 Å². The van der Waals surface area contributed by atoms with Gasteiger partial charge in [0.2, 0.25) is 11.8 Å². The Labute approximate surface area is 189 Å². The molecule has 3 aromatic rings. The summed E-state index contributed by atoms with van der Waals surface area (Å²) in [6.07, 6.45) is -0.228. The molecule has 32 heavy (non-hydrogen) atoms. The number of nitrogens with zero attached hydrogens (tertiary/aromatic N) is 1. The van der Waals surface area contributed by atoms with E-state index in [1.165, 1.54) is 12.0 Å². The van der Waals surface area contributed by atoms with E-state index in [0.717, 1.165) is 0 Å². The number of benzene rings is 3. The van der Waals surface area contributed by atoms with Crippen molar-refractivity contribution < 1.29 is 19.1 Å². The summed E-state index contributed by atoms with van der Waals surface area (Å²) in [7, 11) is 1.54. The van der Waals surface area contributed by atoms with Crippen molar-refractivity contribution in [3.05, 3.63) is 83.4 Å². The molecule has 0 fully saturated rings. The molecule has 0 aliphatic carbocycles. The molecule has 162 valence electrons. The molecule has 3 aromatic carbocycles.